The van der Waals surface area contributed by atoms with E-state index in [2.05, 4.69) is 5.73 Å². The van der Waals surface area contributed by atoms with Crippen LogP contribution in [0.1, 0.15) is 10.8 Å². The highest BCUT2D eigenvalue weighted by Gasteiger charge is 2.31. The van der Waals surface area contributed by atoms with E-state index in [0.717, 1.165) is 0 Å². The maximum atomic E-state index is 12.9. The Balaban J connectivity index is 1.98. The average molecular weight is 336 g/mol. The van der Waals surface area contributed by atoms with Crippen LogP contribution in [0.3, 0.4) is 0 Å². The van der Waals surface area contributed by atoms with E-state index >= 15 is 0 Å². The molecule has 0 radical (unpaired) electrons. The second-order valence-electron chi connectivity index (χ2n) is 5.11. The Morgan fingerprint density at radius 1 is 1.13 bits per heavy atom. The Morgan fingerprint density at radius 3 is 2.48 bits per heavy atom. The van der Waals surface area contributed by atoms with Gasteiger partial charge in [0.1, 0.15) is 11.0 Å². The molecule has 2 aromatic rings. The average Bonchev–Trinajstić information content (AvgIpc) is 3.03. The van der Waals surface area contributed by atoms with Crippen molar-refractivity contribution in [1.82, 2.24) is 0 Å². The molecule has 122 valence electrons. The number of methoxy groups -OCH3 is 1. The fraction of sp³-hybridized carbons (Fsp3) is 0.250. The molecule has 1 aliphatic heterocycles. The molecular formula is C16H18NO5S+. The van der Waals surface area contributed by atoms with Crippen LogP contribution in [0.15, 0.2) is 47.4 Å². The van der Waals surface area contributed by atoms with E-state index < -0.39 is 15.1 Å². The molecule has 23 heavy (non-hydrogen) atoms. The van der Waals surface area contributed by atoms with Gasteiger partial charge in [-0.15, -0.1) is 0 Å². The summed E-state index contributed by atoms with van der Waals surface area (Å²) >= 11 is 0. The van der Waals surface area contributed by atoms with Crippen molar-refractivity contribution in [2.45, 2.75) is 10.1 Å². The van der Waals surface area contributed by atoms with E-state index in [1.54, 1.807) is 42.5 Å². The van der Waals surface area contributed by atoms with Gasteiger partial charge in [-0.3, -0.25) is 0 Å². The van der Waals surface area contributed by atoms with E-state index in [4.69, 9.17) is 14.2 Å². The van der Waals surface area contributed by atoms with Gasteiger partial charge in [0.2, 0.25) is 6.79 Å². The minimum Gasteiger partial charge on any atom is -0.497 e. The van der Waals surface area contributed by atoms with E-state index in [-0.39, 0.29) is 18.2 Å². The summed E-state index contributed by atoms with van der Waals surface area (Å²) in [7, 11) is -2.02. The molecule has 0 unspecified atom stereocenters. The topological polar surface area (TPSA) is 89.5 Å². The van der Waals surface area contributed by atoms with Crippen molar-refractivity contribution in [3.05, 3.63) is 48.0 Å². The molecule has 0 bridgehead atoms. The van der Waals surface area contributed by atoms with Crippen LogP contribution in [-0.4, -0.2) is 28.9 Å². The van der Waals surface area contributed by atoms with Crippen molar-refractivity contribution in [2.24, 2.45) is 0 Å². The summed E-state index contributed by atoms with van der Waals surface area (Å²) in [5.74, 6) is 1.79. The number of hydrogen-bond donors (Lipinski definition) is 1. The third-order valence-electron chi connectivity index (χ3n) is 3.79. The molecule has 6 nitrogen and oxygen atoms in total. The number of sulfone groups is 1. The lowest BCUT2D eigenvalue weighted by molar-refractivity contribution is -0.367. The van der Waals surface area contributed by atoms with E-state index in [9.17, 15) is 8.42 Å². The number of fused-ring (bicyclic) bond motifs is 1. The van der Waals surface area contributed by atoms with Gasteiger partial charge in [0.15, 0.2) is 21.3 Å². The van der Waals surface area contributed by atoms with Crippen molar-refractivity contribution in [3.63, 3.8) is 0 Å². The summed E-state index contributed by atoms with van der Waals surface area (Å²) in [5, 5.41) is -0.745. The second-order valence-corrected chi connectivity index (χ2v) is 7.24. The molecule has 2 aromatic carbocycles. The van der Waals surface area contributed by atoms with Crippen LogP contribution in [0, 0.1) is 0 Å². The molecule has 3 N–H and O–H groups in total. The third-order valence-corrected chi connectivity index (χ3v) is 5.98. The third kappa shape index (κ3) is 2.85. The molecule has 1 heterocycles. The number of benzene rings is 2. The minimum atomic E-state index is -3.56. The van der Waals surface area contributed by atoms with Crippen LogP contribution in [0.5, 0.6) is 17.2 Å². The number of rotatable bonds is 5. The zero-order chi connectivity index (χ0) is 16.4. The van der Waals surface area contributed by atoms with E-state index in [0.29, 0.717) is 22.8 Å². The summed E-state index contributed by atoms with van der Waals surface area (Å²) < 4.78 is 41.5. The lowest BCUT2D eigenvalue weighted by Crippen LogP contribution is -2.54. The molecule has 1 aliphatic rings. The van der Waals surface area contributed by atoms with Crippen LogP contribution >= 0.6 is 0 Å². The van der Waals surface area contributed by atoms with Crippen LogP contribution in [0.25, 0.3) is 0 Å². The van der Waals surface area contributed by atoms with Crippen LogP contribution in [0.4, 0.5) is 0 Å². The number of ether oxygens (including phenoxy) is 3. The van der Waals surface area contributed by atoms with Gasteiger partial charge in [0.25, 0.3) is 0 Å². The van der Waals surface area contributed by atoms with Crippen LogP contribution < -0.4 is 19.9 Å². The predicted molar refractivity (Wildman–Crippen MR) is 83.2 cm³/mol. The quantitative estimate of drug-likeness (QED) is 0.885. The summed E-state index contributed by atoms with van der Waals surface area (Å²) in [6.45, 7) is 0.368. The number of hydrogen-bond acceptors (Lipinski definition) is 5. The first-order chi connectivity index (χ1) is 11.1. The number of quaternary nitrogens is 1. The van der Waals surface area contributed by atoms with Gasteiger partial charge in [-0.1, -0.05) is 6.07 Å². The molecule has 7 heteroatoms. The highest BCUT2D eigenvalue weighted by atomic mass is 32.2. The minimum absolute atomic E-state index is 0.152. The molecule has 0 aliphatic carbocycles. The fourth-order valence-corrected chi connectivity index (χ4v) is 4.20. The normalized spacial score (nSPS) is 14.5. The fourth-order valence-electron chi connectivity index (χ4n) is 2.54. The first-order valence-electron chi connectivity index (χ1n) is 7.13. The Kier molecular flexibility index (Phi) is 4.14. The molecule has 0 amide bonds. The largest absolute Gasteiger partial charge is 0.497 e. The van der Waals surface area contributed by atoms with Gasteiger partial charge >= 0.3 is 0 Å². The summed E-state index contributed by atoms with van der Waals surface area (Å²) in [6.07, 6.45) is 0. The summed E-state index contributed by atoms with van der Waals surface area (Å²) in [5.41, 5.74) is 4.44. The van der Waals surface area contributed by atoms with E-state index in [1.165, 1.54) is 7.11 Å². The molecule has 0 aromatic heterocycles. The second kappa shape index (κ2) is 6.10. The van der Waals surface area contributed by atoms with Crippen molar-refractivity contribution in [2.75, 3.05) is 20.4 Å². The highest BCUT2D eigenvalue weighted by Crippen LogP contribution is 2.37. The van der Waals surface area contributed by atoms with Gasteiger partial charge in [-0.25, -0.2) is 8.42 Å². The Morgan fingerprint density at radius 2 is 1.83 bits per heavy atom. The molecule has 0 saturated heterocycles. The zero-order valence-electron chi connectivity index (χ0n) is 12.7. The molecule has 0 fully saturated rings. The zero-order valence-corrected chi connectivity index (χ0v) is 13.5. The lowest BCUT2D eigenvalue weighted by atomic mass is 10.1. The van der Waals surface area contributed by atoms with Crippen molar-refractivity contribution >= 4 is 9.84 Å². The SMILES string of the molecule is COc1ccc(S(=O)(=O)[C@@H](C[NH3+])c2ccc3c(c2)OCO3)cc1. The van der Waals surface area contributed by atoms with Gasteiger partial charge in [-0.2, -0.15) is 0 Å². The Bertz CT molecular complexity index is 802. The van der Waals surface area contributed by atoms with Gasteiger partial charge in [0, 0.05) is 0 Å². The van der Waals surface area contributed by atoms with E-state index in [1.807, 2.05) is 0 Å². The lowest BCUT2D eigenvalue weighted by Gasteiger charge is -2.15. The summed E-state index contributed by atoms with van der Waals surface area (Å²) in [6, 6.07) is 11.5. The van der Waals surface area contributed by atoms with Gasteiger partial charge < -0.3 is 19.9 Å². The van der Waals surface area contributed by atoms with Crippen molar-refractivity contribution in [1.29, 1.82) is 0 Å². The standard InChI is InChI=1S/C16H17NO5S/c1-20-12-3-5-13(6-4-12)23(18,19)16(9-17)11-2-7-14-15(8-11)22-10-21-14/h2-8,16H,9-10,17H2,1H3/p+1/t16-/m0/s1. The van der Waals surface area contributed by atoms with Gasteiger partial charge in [-0.05, 0) is 42.0 Å². The molecule has 1 atom stereocenters. The first kappa shape index (κ1) is 15.6. The van der Waals surface area contributed by atoms with Crippen LogP contribution in [0.2, 0.25) is 0 Å². The first-order valence-corrected chi connectivity index (χ1v) is 8.67. The maximum Gasteiger partial charge on any atom is 0.231 e. The Labute approximate surface area is 134 Å². The summed E-state index contributed by atoms with van der Waals surface area (Å²) in [4.78, 5) is 0.240. The van der Waals surface area contributed by atoms with Crippen LogP contribution in [-0.2, 0) is 9.84 Å². The molecule has 3 rings (SSSR count). The van der Waals surface area contributed by atoms with Gasteiger partial charge in [0.05, 0.1) is 18.6 Å². The van der Waals surface area contributed by atoms with Crippen molar-refractivity contribution in [3.8, 4) is 17.2 Å². The predicted octanol–water partition coefficient (Wildman–Crippen LogP) is 1.18. The highest BCUT2D eigenvalue weighted by molar-refractivity contribution is 7.91. The Hall–Kier alpha value is -2.25. The van der Waals surface area contributed by atoms with Crippen molar-refractivity contribution < 1.29 is 28.4 Å². The molecular weight excluding hydrogens is 318 g/mol. The maximum absolute atomic E-state index is 12.9. The monoisotopic (exact) mass is 336 g/mol. The smallest absolute Gasteiger partial charge is 0.231 e. The molecule has 0 spiro atoms. The molecule has 0 saturated carbocycles.